The normalized spacial score (nSPS) is 13.4. The molecule has 1 aliphatic heterocycles. The summed E-state index contributed by atoms with van der Waals surface area (Å²) >= 11 is 6.23. The van der Waals surface area contributed by atoms with E-state index in [0.29, 0.717) is 23.6 Å². The second-order valence-electron chi connectivity index (χ2n) is 6.83. The number of ether oxygens (including phenoxy) is 3. The van der Waals surface area contributed by atoms with E-state index in [4.69, 9.17) is 25.8 Å². The van der Waals surface area contributed by atoms with E-state index in [1.165, 1.54) is 26.4 Å². The number of carbonyl (C=O) groups is 3. The average Bonchev–Trinajstić information content (AvgIpc) is 3.02. The summed E-state index contributed by atoms with van der Waals surface area (Å²) in [7, 11) is 2.98. The molecule has 9 heteroatoms. The number of halogens is 1. The Morgan fingerprint density at radius 3 is 2.50 bits per heavy atom. The van der Waals surface area contributed by atoms with Gasteiger partial charge in [-0.1, -0.05) is 37.1 Å². The number of rotatable bonds is 9. The molecule has 2 amide bonds. The first-order valence-electron chi connectivity index (χ1n) is 9.96. The molecule has 32 heavy (non-hydrogen) atoms. The first kappa shape index (κ1) is 23.1. The molecule has 0 aromatic heterocycles. The molecule has 0 unspecified atom stereocenters. The van der Waals surface area contributed by atoms with Crippen molar-refractivity contribution in [1.29, 1.82) is 0 Å². The first-order chi connectivity index (χ1) is 15.4. The number of anilines is 2. The number of unbranched alkanes of at least 4 members (excludes halogenated alkanes) is 1. The minimum atomic E-state index is -0.750. The molecular formula is C23H23ClN2O6. The minimum Gasteiger partial charge on any atom is -0.497 e. The lowest BCUT2D eigenvalue weighted by Gasteiger charge is -2.18. The van der Waals surface area contributed by atoms with Gasteiger partial charge in [0.05, 0.1) is 37.8 Å². The van der Waals surface area contributed by atoms with Crippen LogP contribution in [0, 0.1) is 0 Å². The van der Waals surface area contributed by atoms with Crippen molar-refractivity contribution in [2.75, 3.05) is 31.0 Å². The van der Waals surface area contributed by atoms with Crippen molar-refractivity contribution in [1.82, 2.24) is 0 Å². The number of benzene rings is 2. The number of carbonyl (C=O) groups excluding carboxylic acids is 3. The fourth-order valence-electron chi connectivity index (χ4n) is 3.09. The van der Waals surface area contributed by atoms with Crippen LogP contribution in [0.4, 0.5) is 11.4 Å². The van der Waals surface area contributed by atoms with Gasteiger partial charge in [0.2, 0.25) is 0 Å². The third-order valence-corrected chi connectivity index (χ3v) is 5.14. The Morgan fingerprint density at radius 1 is 1.06 bits per heavy atom. The topological polar surface area (TPSA) is 94.2 Å². The fourth-order valence-corrected chi connectivity index (χ4v) is 3.31. The number of nitrogens with one attached hydrogen (secondary N) is 1. The lowest BCUT2D eigenvalue weighted by atomic mass is 10.1. The van der Waals surface area contributed by atoms with Gasteiger partial charge in [-0.05, 0) is 30.7 Å². The van der Waals surface area contributed by atoms with Crippen molar-refractivity contribution in [3.8, 4) is 11.5 Å². The van der Waals surface area contributed by atoms with Gasteiger partial charge >= 0.3 is 5.97 Å². The van der Waals surface area contributed by atoms with Crippen LogP contribution in [-0.2, 0) is 14.3 Å². The first-order valence-corrected chi connectivity index (χ1v) is 10.3. The van der Waals surface area contributed by atoms with Crippen LogP contribution in [0.25, 0.3) is 0 Å². The molecule has 0 saturated carbocycles. The number of esters is 1. The maximum atomic E-state index is 13.2. The van der Waals surface area contributed by atoms with Crippen molar-refractivity contribution in [3.05, 3.63) is 58.8 Å². The van der Waals surface area contributed by atoms with Gasteiger partial charge in [0.1, 0.15) is 22.2 Å². The smallest absolute Gasteiger partial charge is 0.340 e. The number of para-hydroxylation sites is 1. The molecule has 3 rings (SSSR count). The van der Waals surface area contributed by atoms with Crippen LogP contribution in [0.5, 0.6) is 11.5 Å². The van der Waals surface area contributed by atoms with Crippen LogP contribution in [-0.4, -0.2) is 38.6 Å². The van der Waals surface area contributed by atoms with Crippen molar-refractivity contribution < 1.29 is 28.6 Å². The maximum Gasteiger partial charge on any atom is 0.340 e. The summed E-state index contributed by atoms with van der Waals surface area (Å²) in [6.45, 7) is 2.22. The summed E-state index contributed by atoms with van der Waals surface area (Å²) in [6.07, 6.45) is 1.57. The highest BCUT2D eigenvalue weighted by molar-refractivity contribution is 6.53. The number of hydrogen-bond acceptors (Lipinski definition) is 7. The van der Waals surface area contributed by atoms with Gasteiger partial charge < -0.3 is 19.5 Å². The van der Waals surface area contributed by atoms with E-state index in [9.17, 15) is 14.4 Å². The van der Waals surface area contributed by atoms with E-state index in [2.05, 4.69) is 5.32 Å². The molecule has 1 aliphatic rings. The zero-order valence-electron chi connectivity index (χ0n) is 17.9. The number of hydrogen-bond donors (Lipinski definition) is 1. The SMILES string of the molecule is CCCCOC(=O)c1ccccc1N1C(=O)C(Cl)=C(Nc2ccc(OC)cc2OC)C1=O. The van der Waals surface area contributed by atoms with Crippen LogP contribution in [0.3, 0.4) is 0 Å². The summed E-state index contributed by atoms with van der Waals surface area (Å²) in [5, 5.41) is 2.57. The standard InChI is InChI=1S/C23H23ClN2O6/c1-4-5-12-32-23(29)15-8-6-7-9-17(15)26-21(27)19(24)20(22(26)28)25-16-11-10-14(30-2)13-18(16)31-3/h6-11,13,25H,4-5,12H2,1-3H3. The molecule has 0 aliphatic carbocycles. The van der Waals surface area contributed by atoms with Gasteiger partial charge in [-0.25, -0.2) is 9.69 Å². The Morgan fingerprint density at radius 2 is 1.81 bits per heavy atom. The highest BCUT2D eigenvalue weighted by atomic mass is 35.5. The van der Waals surface area contributed by atoms with E-state index in [0.717, 1.165) is 11.3 Å². The molecule has 0 atom stereocenters. The van der Waals surface area contributed by atoms with Crippen molar-refractivity contribution >= 4 is 40.8 Å². The van der Waals surface area contributed by atoms with E-state index in [1.807, 2.05) is 6.92 Å². The fraction of sp³-hybridized carbons (Fsp3) is 0.261. The Hall–Kier alpha value is -3.52. The zero-order valence-corrected chi connectivity index (χ0v) is 18.7. The number of imide groups is 1. The number of amides is 2. The van der Waals surface area contributed by atoms with Crippen LogP contribution < -0.4 is 19.7 Å². The summed E-state index contributed by atoms with van der Waals surface area (Å²) in [6, 6.07) is 11.2. The monoisotopic (exact) mass is 458 g/mol. The third-order valence-electron chi connectivity index (χ3n) is 4.79. The van der Waals surface area contributed by atoms with Crippen molar-refractivity contribution in [2.24, 2.45) is 0 Å². The molecule has 0 spiro atoms. The summed E-state index contributed by atoms with van der Waals surface area (Å²) in [4.78, 5) is 39.5. The summed E-state index contributed by atoms with van der Waals surface area (Å²) < 4.78 is 15.8. The Bertz CT molecular complexity index is 1080. The molecule has 0 saturated heterocycles. The zero-order chi connectivity index (χ0) is 23.3. The molecule has 0 bridgehead atoms. The predicted octanol–water partition coefficient (Wildman–Crippen LogP) is 4.10. The predicted molar refractivity (Wildman–Crippen MR) is 120 cm³/mol. The minimum absolute atomic E-state index is 0.0954. The number of nitrogens with zero attached hydrogens (tertiary/aromatic N) is 1. The van der Waals surface area contributed by atoms with E-state index < -0.39 is 17.8 Å². The molecule has 0 radical (unpaired) electrons. The lowest BCUT2D eigenvalue weighted by Crippen LogP contribution is -2.33. The number of methoxy groups -OCH3 is 2. The molecule has 8 nitrogen and oxygen atoms in total. The van der Waals surface area contributed by atoms with Crippen molar-refractivity contribution in [3.63, 3.8) is 0 Å². The molecule has 0 fully saturated rings. The average molecular weight is 459 g/mol. The van der Waals surface area contributed by atoms with Gasteiger partial charge in [0, 0.05) is 6.07 Å². The lowest BCUT2D eigenvalue weighted by molar-refractivity contribution is -0.120. The maximum absolute atomic E-state index is 13.2. The van der Waals surface area contributed by atoms with Crippen LogP contribution >= 0.6 is 11.6 Å². The van der Waals surface area contributed by atoms with Gasteiger partial charge in [-0.15, -0.1) is 0 Å². The van der Waals surface area contributed by atoms with E-state index in [-0.39, 0.29) is 28.6 Å². The molecule has 1 N–H and O–H groups in total. The Balaban J connectivity index is 1.91. The Labute approximate surface area is 190 Å². The molecule has 168 valence electrons. The van der Waals surface area contributed by atoms with Crippen molar-refractivity contribution in [2.45, 2.75) is 19.8 Å². The molecule has 2 aromatic carbocycles. The van der Waals surface area contributed by atoms with Gasteiger partial charge in [-0.3, -0.25) is 9.59 Å². The van der Waals surface area contributed by atoms with Crippen LogP contribution in [0.2, 0.25) is 0 Å². The summed E-state index contributed by atoms with van der Waals surface area (Å²) in [5.74, 6) is -1.13. The largest absolute Gasteiger partial charge is 0.497 e. The molecular weight excluding hydrogens is 436 g/mol. The van der Waals surface area contributed by atoms with Gasteiger partial charge in [0.15, 0.2) is 0 Å². The van der Waals surface area contributed by atoms with Gasteiger partial charge in [-0.2, -0.15) is 0 Å². The van der Waals surface area contributed by atoms with E-state index >= 15 is 0 Å². The highest BCUT2D eigenvalue weighted by Gasteiger charge is 2.40. The third kappa shape index (κ3) is 4.55. The second-order valence-corrected chi connectivity index (χ2v) is 7.21. The quantitative estimate of drug-likeness (QED) is 0.343. The molecule has 1 heterocycles. The Kier molecular flexibility index (Phi) is 7.37. The highest BCUT2D eigenvalue weighted by Crippen LogP contribution is 2.35. The summed E-state index contributed by atoms with van der Waals surface area (Å²) in [5.41, 5.74) is 0.477. The van der Waals surface area contributed by atoms with Gasteiger partial charge in [0.25, 0.3) is 11.8 Å². The van der Waals surface area contributed by atoms with Crippen LogP contribution in [0.1, 0.15) is 30.1 Å². The molecule has 2 aromatic rings. The van der Waals surface area contributed by atoms with E-state index in [1.54, 1.807) is 30.3 Å². The second kappa shape index (κ2) is 10.2. The van der Waals surface area contributed by atoms with Crippen LogP contribution in [0.15, 0.2) is 53.2 Å².